The second-order valence-corrected chi connectivity index (χ2v) is 6.70. The van der Waals surface area contributed by atoms with Crippen LogP contribution in [0.4, 0.5) is 0 Å². The van der Waals surface area contributed by atoms with Gasteiger partial charge in [0.05, 0.1) is 25.4 Å². The molecule has 0 spiro atoms. The van der Waals surface area contributed by atoms with Crippen molar-refractivity contribution in [3.8, 4) is 0 Å². The van der Waals surface area contributed by atoms with E-state index < -0.39 is 0 Å². The number of benzene rings is 2. The maximum atomic E-state index is 6.33. The van der Waals surface area contributed by atoms with E-state index in [4.69, 9.17) is 14.2 Å². The molecule has 126 valence electrons. The van der Waals surface area contributed by atoms with Crippen LogP contribution < -0.4 is 0 Å². The predicted molar refractivity (Wildman–Crippen MR) is 92.4 cm³/mol. The molecule has 2 aromatic rings. The summed E-state index contributed by atoms with van der Waals surface area (Å²) in [5.41, 5.74) is 2.30. The molecule has 2 fully saturated rings. The number of hydrogen-bond donors (Lipinski definition) is 0. The zero-order valence-electron chi connectivity index (χ0n) is 13.8. The van der Waals surface area contributed by atoms with E-state index in [2.05, 4.69) is 36.4 Å². The van der Waals surface area contributed by atoms with Gasteiger partial charge in [-0.05, 0) is 18.4 Å². The summed E-state index contributed by atoms with van der Waals surface area (Å²) < 4.78 is 18.5. The van der Waals surface area contributed by atoms with Gasteiger partial charge in [-0.1, -0.05) is 67.1 Å². The van der Waals surface area contributed by atoms with Crippen molar-refractivity contribution in [3.63, 3.8) is 0 Å². The highest BCUT2D eigenvalue weighted by atomic mass is 16.7. The predicted octanol–water partition coefficient (Wildman–Crippen LogP) is 4.49. The SMILES string of the molecule is c1ccc(CO[C@H]2CCCC3COC(c4ccccc4)O[C@H]32)cc1. The molecule has 4 atom stereocenters. The Kier molecular flexibility index (Phi) is 4.93. The molecule has 2 aromatic carbocycles. The molecule has 2 aliphatic rings. The Morgan fingerprint density at radius 3 is 2.46 bits per heavy atom. The van der Waals surface area contributed by atoms with Gasteiger partial charge in [-0.15, -0.1) is 0 Å². The van der Waals surface area contributed by atoms with E-state index >= 15 is 0 Å². The fourth-order valence-corrected chi connectivity index (χ4v) is 3.72. The average Bonchev–Trinajstić information content (AvgIpc) is 2.67. The molecule has 0 radical (unpaired) electrons. The molecule has 3 heteroatoms. The van der Waals surface area contributed by atoms with E-state index in [0.717, 1.165) is 25.0 Å². The molecule has 1 aliphatic heterocycles. The number of fused-ring (bicyclic) bond motifs is 1. The van der Waals surface area contributed by atoms with Crippen molar-refractivity contribution >= 4 is 0 Å². The van der Waals surface area contributed by atoms with E-state index in [9.17, 15) is 0 Å². The second kappa shape index (κ2) is 7.47. The van der Waals surface area contributed by atoms with Crippen LogP contribution in [0.1, 0.15) is 36.7 Å². The van der Waals surface area contributed by atoms with Crippen LogP contribution in [0.25, 0.3) is 0 Å². The molecule has 24 heavy (non-hydrogen) atoms. The van der Waals surface area contributed by atoms with Crippen molar-refractivity contribution in [2.24, 2.45) is 5.92 Å². The van der Waals surface area contributed by atoms with Crippen molar-refractivity contribution in [2.45, 2.75) is 44.4 Å². The Labute approximate surface area is 143 Å². The molecule has 1 saturated carbocycles. The highest BCUT2D eigenvalue weighted by molar-refractivity contribution is 5.16. The monoisotopic (exact) mass is 324 g/mol. The van der Waals surface area contributed by atoms with E-state index in [0.29, 0.717) is 12.5 Å². The first-order valence-electron chi connectivity index (χ1n) is 8.88. The fourth-order valence-electron chi connectivity index (χ4n) is 3.72. The Morgan fingerprint density at radius 2 is 1.67 bits per heavy atom. The van der Waals surface area contributed by atoms with Crippen LogP contribution in [-0.4, -0.2) is 18.8 Å². The minimum Gasteiger partial charge on any atom is -0.371 e. The van der Waals surface area contributed by atoms with Gasteiger partial charge < -0.3 is 14.2 Å². The molecule has 2 unspecified atom stereocenters. The normalized spacial score (nSPS) is 29.8. The lowest BCUT2D eigenvalue weighted by molar-refractivity contribution is -0.276. The molecule has 0 bridgehead atoms. The molecule has 1 aliphatic carbocycles. The van der Waals surface area contributed by atoms with E-state index in [-0.39, 0.29) is 18.5 Å². The lowest BCUT2D eigenvalue weighted by atomic mass is 9.84. The maximum Gasteiger partial charge on any atom is 0.184 e. The lowest BCUT2D eigenvalue weighted by Crippen LogP contribution is -2.47. The van der Waals surface area contributed by atoms with Crippen LogP contribution in [0.3, 0.4) is 0 Å². The van der Waals surface area contributed by atoms with Gasteiger partial charge in [0.1, 0.15) is 0 Å². The summed E-state index contributed by atoms with van der Waals surface area (Å²) in [6.45, 7) is 1.41. The Balaban J connectivity index is 1.43. The van der Waals surface area contributed by atoms with Crippen molar-refractivity contribution in [3.05, 3.63) is 71.8 Å². The zero-order chi connectivity index (χ0) is 16.2. The first-order chi connectivity index (χ1) is 11.9. The number of rotatable bonds is 4. The van der Waals surface area contributed by atoms with Crippen molar-refractivity contribution in [1.82, 2.24) is 0 Å². The van der Waals surface area contributed by atoms with Crippen LogP contribution in [-0.2, 0) is 20.8 Å². The third-order valence-electron chi connectivity index (χ3n) is 5.02. The average molecular weight is 324 g/mol. The topological polar surface area (TPSA) is 27.7 Å². The van der Waals surface area contributed by atoms with Crippen LogP contribution in [0, 0.1) is 5.92 Å². The van der Waals surface area contributed by atoms with E-state index in [1.807, 2.05) is 24.3 Å². The first-order valence-corrected chi connectivity index (χ1v) is 8.88. The quantitative estimate of drug-likeness (QED) is 0.829. The smallest absolute Gasteiger partial charge is 0.184 e. The minimum atomic E-state index is -0.270. The Bertz CT molecular complexity index is 628. The molecule has 0 aromatic heterocycles. The van der Waals surface area contributed by atoms with Gasteiger partial charge in [0.2, 0.25) is 0 Å². The van der Waals surface area contributed by atoms with Crippen LogP contribution in [0.5, 0.6) is 0 Å². The first kappa shape index (κ1) is 15.8. The molecule has 0 N–H and O–H groups in total. The van der Waals surface area contributed by atoms with Gasteiger partial charge in [-0.2, -0.15) is 0 Å². The van der Waals surface area contributed by atoms with Crippen molar-refractivity contribution < 1.29 is 14.2 Å². The van der Waals surface area contributed by atoms with Crippen LogP contribution in [0.15, 0.2) is 60.7 Å². The van der Waals surface area contributed by atoms with Crippen LogP contribution >= 0.6 is 0 Å². The summed E-state index contributed by atoms with van der Waals surface area (Å²) in [6.07, 6.45) is 3.42. The summed E-state index contributed by atoms with van der Waals surface area (Å²) in [5.74, 6) is 0.444. The van der Waals surface area contributed by atoms with Gasteiger partial charge in [-0.25, -0.2) is 0 Å². The summed E-state index contributed by atoms with van der Waals surface area (Å²) in [4.78, 5) is 0. The largest absolute Gasteiger partial charge is 0.371 e. The Hall–Kier alpha value is -1.68. The Morgan fingerprint density at radius 1 is 0.917 bits per heavy atom. The summed E-state index contributed by atoms with van der Waals surface area (Å²) >= 11 is 0. The third-order valence-corrected chi connectivity index (χ3v) is 5.02. The van der Waals surface area contributed by atoms with Crippen LogP contribution in [0.2, 0.25) is 0 Å². The van der Waals surface area contributed by atoms with Gasteiger partial charge in [0, 0.05) is 11.5 Å². The molecular weight excluding hydrogens is 300 g/mol. The van der Waals surface area contributed by atoms with Crippen molar-refractivity contribution in [2.75, 3.05) is 6.61 Å². The zero-order valence-corrected chi connectivity index (χ0v) is 13.8. The molecule has 0 amide bonds. The fraction of sp³-hybridized carbons (Fsp3) is 0.429. The van der Waals surface area contributed by atoms with Gasteiger partial charge in [-0.3, -0.25) is 0 Å². The second-order valence-electron chi connectivity index (χ2n) is 6.70. The molecule has 3 nitrogen and oxygen atoms in total. The summed E-state index contributed by atoms with van der Waals surface area (Å²) in [5, 5.41) is 0. The highest BCUT2D eigenvalue weighted by Gasteiger charge is 2.40. The minimum absolute atomic E-state index is 0.126. The highest BCUT2D eigenvalue weighted by Crippen LogP contribution is 2.38. The van der Waals surface area contributed by atoms with E-state index in [1.54, 1.807) is 0 Å². The molecule has 1 saturated heterocycles. The molecule has 4 rings (SSSR count). The van der Waals surface area contributed by atoms with Crippen molar-refractivity contribution in [1.29, 1.82) is 0 Å². The number of hydrogen-bond acceptors (Lipinski definition) is 3. The molecule has 1 heterocycles. The maximum absolute atomic E-state index is 6.33. The standard InChI is InChI=1S/C21H24O3/c1-3-8-16(9-4-1)14-22-19-13-7-12-18-15-23-21(24-20(18)19)17-10-5-2-6-11-17/h1-6,8-11,18-21H,7,12-15H2/t18?,19-,20+,21?/m0/s1. The van der Waals surface area contributed by atoms with Gasteiger partial charge in [0.25, 0.3) is 0 Å². The molecular formula is C21H24O3. The summed E-state index contributed by atoms with van der Waals surface area (Å²) in [6, 6.07) is 20.6. The third kappa shape index (κ3) is 3.54. The van der Waals surface area contributed by atoms with Gasteiger partial charge in [0.15, 0.2) is 6.29 Å². The number of ether oxygens (including phenoxy) is 3. The van der Waals surface area contributed by atoms with Gasteiger partial charge >= 0.3 is 0 Å². The lowest BCUT2D eigenvalue weighted by Gasteiger charge is -2.43. The van der Waals surface area contributed by atoms with E-state index in [1.165, 1.54) is 12.0 Å². The summed E-state index contributed by atoms with van der Waals surface area (Å²) in [7, 11) is 0.